The molecule has 0 radical (unpaired) electrons. The molecule has 330 valence electrons. The molecule has 1 heterocycles. The molecule has 0 bridgehead atoms. The molecule has 0 aromatic rings. The highest BCUT2D eigenvalue weighted by Crippen LogP contribution is 2.65. The van der Waals surface area contributed by atoms with Crippen LogP contribution in [0.1, 0.15) is 178 Å². The minimum absolute atomic E-state index is 0.100. The van der Waals surface area contributed by atoms with E-state index in [4.69, 9.17) is 6.42 Å². The average molecular weight is 806 g/mol. The van der Waals surface area contributed by atoms with E-state index in [1.807, 2.05) is 13.0 Å². The van der Waals surface area contributed by atoms with E-state index in [9.17, 15) is 19.2 Å². The Morgan fingerprint density at radius 1 is 0.879 bits per heavy atom. The number of amides is 2. The van der Waals surface area contributed by atoms with Gasteiger partial charge in [-0.2, -0.15) is 0 Å². The van der Waals surface area contributed by atoms with E-state index in [-0.39, 0.29) is 29.3 Å². The van der Waals surface area contributed by atoms with Crippen molar-refractivity contribution in [3.63, 3.8) is 0 Å². The van der Waals surface area contributed by atoms with Gasteiger partial charge in [0.2, 0.25) is 17.6 Å². The third-order valence-corrected chi connectivity index (χ3v) is 13.5. The first kappa shape index (κ1) is 52.9. The van der Waals surface area contributed by atoms with Gasteiger partial charge in [-0.3, -0.25) is 19.2 Å². The van der Waals surface area contributed by atoms with E-state index in [1.165, 1.54) is 89.5 Å². The van der Waals surface area contributed by atoms with Crippen molar-refractivity contribution in [3.8, 4) is 12.3 Å². The third kappa shape index (κ3) is 18.4. The van der Waals surface area contributed by atoms with Gasteiger partial charge in [0.15, 0.2) is 5.78 Å². The first-order chi connectivity index (χ1) is 27.5. The first-order valence-corrected chi connectivity index (χ1v) is 23.2. The van der Waals surface area contributed by atoms with Gasteiger partial charge < -0.3 is 15.5 Å². The highest BCUT2D eigenvalue weighted by molar-refractivity contribution is 6.37. The second-order valence-corrected chi connectivity index (χ2v) is 18.4. The van der Waals surface area contributed by atoms with E-state index in [0.717, 1.165) is 50.5 Å². The summed E-state index contributed by atoms with van der Waals surface area (Å²) in [5.41, 5.74) is 2.75. The van der Waals surface area contributed by atoms with Crippen LogP contribution in [0.3, 0.4) is 0 Å². The van der Waals surface area contributed by atoms with Gasteiger partial charge in [0.1, 0.15) is 0 Å². The molecule has 4 aliphatic rings. The topological polar surface area (TPSA) is 95.6 Å². The van der Waals surface area contributed by atoms with Gasteiger partial charge in [-0.05, 0) is 101 Å². The fourth-order valence-electron chi connectivity index (χ4n) is 9.70. The number of carbonyl (C=O) groups is 4. The van der Waals surface area contributed by atoms with Gasteiger partial charge in [-0.15, -0.1) is 18.9 Å². The number of ketones is 2. The lowest BCUT2D eigenvalue weighted by Gasteiger charge is -2.36. The zero-order chi connectivity index (χ0) is 43.8. The monoisotopic (exact) mass is 806 g/mol. The smallest absolute Gasteiger partial charge is 0.225 e. The number of piperidine rings is 1. The van der Waals surface area contributed by atoms with E-state index in [2.05, 4.69) is 82.7 Å². The van der Waals surface area contributed by atoms with E-state index in [0.29, 0.717) is 60.3 Å². The van der Waals surface area contributed by atoms with Crippen LogP contribution in [0.2, 0.25) is 0 Å². The number of nitrogens with zero attached hydrogens (tertiary/aromatic N) is 1. The molecule has 4 rings (SSSR count). The lowest BCUT2D eigenvalue weighted by Crippen LogP contribution is -2.45. The van der Waals surface area contributed by atoms with Crippen LogP contribution < -0.4 is 10.6 Å². The van der Waals surface area contributed by atoms with E-state index in [1.54, 1.807) is 6.92 Å². The molecule has 6 atom stereocenters. The minimum Gasteiger partial charge on any atom is -0.389 e. The Kier molecular flexibility index (Phi) is 25.8. The predicted molar refractivity (Wildman–Crippen MR) is 245 cm³/mol. The Labute approximate surface area is 356 Å². The van der Waals surface area contributed by atoms with Gasteiger partial charge in [0.25, 0.3) is 0 Å². The summed E-state index contributed by atoms with van der Waals surface area (Å²) in [7, 11) is 0. The van der Waals surface area contributed by atoms with Crippen molar-refractivity contribution in [3.05, 3.63) is 37.1 Å². The number of allylic oxidation sites excluding steroid dienone is 2. The molecule has 3 aliphatic carbocycles. The fraction of sp³-hybridized carbons (Fsp3) is 0.765. The largest absolute Gasteiger partial charge is 0.389 e. The molecule has 1 aliphatic heterocycles. The number of carbonyl (C=O) groups excluding carboxylic acids is 4. The minimum atomic E-state index is -0.362. The molecule has 3 saturated carbocycles. The van der Waals surface area contributed by atoms with Crippen LogP contribution in [0.4, 0.5) is 0 Å². The number of rotatable bonds is 17. The normalized spacial score (nSPS) is 22.6. The zero-order valence-corrected chi connectivity index (χ0v) is 38.8. The summed E-state index contributed by atoms with van der Waals surface area (Å²) in [5, 5.41) is 6.43. The molecule has 58 heavy (non-hydrogen) atoms. The molecule has 0 aromatic heterocycles. The maximum Gasteiger partial charge on any atom is 0.225 e. The van der Waals surface area contributed by atoms with Crippen molar-refractivity contribution in [1.82, 2.24) is 15.5 Å². The van der Waals surface area contributed by atoms with Crippen LogP contribution >= 0.6 is 0 Å². The number of unbranched alkanes of at least 4 members (excludes halogenated alkanes) is 1. The van der Waals surface area contributed by atoms with Gasteiger partial charge in [0, 0.05) is 69.4 Å². The zero-order valence-electron chi connectivity index (χ0n) is 38.8. The standard InChI is InChI=1S/C20H33NO.C16H30N2O.C10H14O2.C5H10/c1-13(2)16-11-21(12-17-18(16)20(17,4)5)19(22)14(3)15-9-7-6-8-10-15;1-4-17-13(2)11-12-16(18-14(3)19)15-9-7-5-6-8-10-15;1-4-6-7-9(5-2)10(12)8(3)11;1-3-5-4-2/h14-18H,1,6-12H2,2-5H3;15-17H,2,4-12H2,1,3H3,(H,18,19);1,9H,5-7H2,2-3H3;3H,1,4-5H2,2H3/t14?,16?,17-,18+;;;/m0.../s1. The van der Waals surface area contributed by atoms with Crippen LogP contribution in [-0.4, -0.2) is 54.0 Å². The summed E-state index contributed by atoms with van der Waals surface area (Å²) < 4.78 is 0. The number of terminal acetylenes is 1. The van der Waals surface area contributed by atoms with Gasteiger partial charge in [-0.1, -0.05) is 111 Å². The number of fused-ring (bicyclic) bond motifs is 1. The Morgan fingerprint density at radius 3 is 1.90 bits per heavy atom. The molecular formula is C51H87N3O4. The lowest BCUT2D eigenvalue weighted by atomic mass is 9.80. The summed E-state index contributed by atoms with van der Waals surface area (Å²) in [4.78, 5) is 48.5. The molecule has 2 amide bonds. The van der Waals surface area contributed by atoms with E-state index < -0.39 is 0 Å². The molecule has 0 spiro atoms. The van der Waals surface area contributed by atoms with Crippen LogP contribution in [0, 0.1) is 59.2 Å². The molecule has 7 nitrogen and oxygen atoms in total. The number of Topliss-reactive ketones (excluding diaryl/α,β-unsaturated/α-hetero) is 2. The van der Waals surface area contributed by atoms with Gasteiger partial charge >= 0.3 is 0 Å². The number of hydrogen-bond donors (Lipinski definition) is 2. The number of likely N-dealkylation sites (tertiary alicyclic amines) is 1. The van der Waals surface area contributed by atoms with Crippen molar-refractivity contribution in [1.29, 1.82) is 0 Å². The molecule has 4 fully saturated rings. The summed E-state index contributed by atoms with van der Waals surface area (Å²) in [5.74, 6) is 5.60. The van der Waals surface area contributed by atoms with Crippen LogP contribution in [0.5, 0.6) is 0 Å². The Hall–Kier alpha value is -3.14. The highest BCUT2D eigenvalue weighted by Gasteiger charge is 2.63. The van der Waals surface area contributed by atoms with Crippen molar-refractivity contribution in [2.75, 3.05) is 19.6 Å². The SMILES string of the molecule is C#CCCC(CC)C(=O)C(C)=O.C=C(C)C1CN(C(=O)C(C)C2CCCCC2)C[C@H]2[C@@H]1C2(C)C.C=C(CCC(NC(C)=O)C1CCCCCC1)NCC.C=CCCC. The highest BCUT2D eigenvalue weighted by atomic mass is 16.2. The number of hydrogen-bond acceptors (Lipinski definition) is 5. The lowest BCUT2D eigenvalue weighted by molar-refractivity contribution is -0.139. The van der Waals surface area contributed by atoms with Crippen molar-refractivity contribution >= 4 is 23.4 Å². The third-order valence-electron chi connectivity index (χ3n) is 13.5. The second-order valence-electron chi connectivity index (χ2n) is 18.4. The molecule has 7 heteroatoms. The van der Waals surface area contributed by atoms with Gasteiger partial charge in [-0.25, -0.2) is 0 Å². The number of nitrogens with one attached hydrogen (secondary N) is 2. The van der Waals surface area contributed by atoms with Crippen LogP contribution in [0.15, 0.2) is 37.1 Å². The maximum atomic E-state index is 13.0. The van der Waals surface area contributed by atoms with Crippen molar-refractivity contribution in [2.45, 2.75) is 184 Å². The first-order valence-electron chi connectivity index (χ1n) is 23.2. The maximum absolute atomic E-state index is 13.0. The molecule has 2 N–H and O–H groups in total. The average Bonchev–Trinajstić information content (AvgIpc) is 3.87. The molecule has 0 aromatic carbocycles. The Morgan fingerprint density at radius 2 is 1.45 bits per heavy atom. The van der Waals surface area contributed by atoms with Gasteiger partial charge in [0.05, 0.1) is 0 Å². The summed E-state index contributed by atoms with van der Waals surface area (Å²) in [6, 6.07) is 0.325. The fourth-order valence-corrected chi connectivity index (χ4v) is 9.70. The molecule has 4 unspecified atom stereocenters. The van der Waals surface area contributed by atoms with Crippen LogP contribution in [0.25, 0.3) is 0 Å². The summed E-state index contributed by atoms with van der Waals surface area (Å²) in [6.07, 6.45) is 27.6. The Balaban J connectivity index is 0.000000426. The van der Waals surface area contributed by atoms with Crippen molar-refractivity contribution < 1.29 is 19.2 Å². The predicted octanol–water partition coefficient (Wildman–Crippen LogP) is 11.4. The Bertz CT molecular complexity index is 1330. The molecular weight excluding hydrogens is 719 g/mol. The van der Waals surface area contributed by atoms with Crippen LogP contribution in [-0.2, 0) is 19.2 Å². The molecule has 1 saturated heterocycles. The summed E-state index contributed by atoms with van der Waals surface area (Å²) in [6.45, 7) is 32.7. The van der Waals surface area contributed by atoms with E-state index >= 15 is 0 Å². The second kappa shape index (κ2) is 28.3. The quantitative estimate of drug-likeness (QED) is 0.0661. The van der Waals surface area contributed by atoms with Crippen molar-refractivity contribution in [2.24, 2.45) is 46.8 Å². The summed E-state index contributed by atoms with van der Waals surface area (Å²) >= 11 is 0.